The number of hydrogen-bond donors (Lipinski definition) is 2. The molecule has 1 amide bonds. The van der Waals surface area contributed by atoms with Gasteiger partial charge in [0.15, 0.2) is 11.6 Å². The van der Waals surface area contributed by atoms with Crippen LogP contribution in [0.15, 0.2) is 78.9 Å². The van der Waals surface area contributed by atoms with Gasteiger partial charge in [0.1, 0.15) is 0 Å². The van der Waals surface area contributed by atoms with Crippen molar-refractivity contribution in [1.29, 1.82) is 0 Å². The molecule has 3 rings (SSSR count). The fraction of sp³-hybridized carbons (Fsp3) is 0.240. The van der Waals surface area contributed by atoms with Crippen molar-refractivity contribution in [3.05, 3.63) is 101 Å². The third-order valence-electron chi connectivity index (χ3n) is 5.12. The molecule has 30 heavy (non-hydrogen) atoms. The van der Waals surface area contributed by atoms with Crippen LogP contribution < -0.4 is 15.4 Å². The van der Waals surface area contributed by atoms with Gasteiger partial charge >= 0.3 is 0 Å². The smallest absolute Gasteiger partial charge is 0.237 e. The quantitative estimate of drug-likeness (QED) is 0.566. The number of carbonyl (C=O) groups is 1. The molecule has 3 aromatic rings. The van der Waals surface area contributed by atoms with Gasteiger partial charge in [-0.2, -0.15) is 0 Å². The van der Waals surface area contributed by atoms with Gasteiger partial charge in [-0.1, -0.05) is 66.7 Å². The lowest BCUT2D eigenvalue weighted by molar-refractivity contribution is -0.123. The van der Waals surface area contributed by atoms with Crippen molar-refractivity contribution in [2.75, 3.05) is 7.11 Å². The van der Waals surface area contributed by atoms with Crippen molar-refractivity contribution in [2.24, 2.45) is 0 Å². The number of methoxy groups -OCH3 is 1. The summed E-state index contributed by atoms with van der Waals surface area (Å²) < 4.78 is 19.0. The Kier molecular flexibility index (Phi) is 7.20. The second-order valence-corrected chi connectivity index (χ2v) is 7.27. The summed E-state index contributed by atoms with van der Waals surface area (Å²) in [6.07, 6.45) is 0. The van der Waals surface area contributed by atoms with E-state index in [0.717, 1.165) is 16.7 Å². The number of ether oxygens (including phenoxy) is 1. The van der Waals surface area contributed by atoms with Crippen LogP contribution in [0, 0.1) is 5.82 Å². The van der Waals surface area contributed by atoms with Crippen LogP contribution in [0.2, 0.25) is 0 Å². The van der Waals surface area contributed by atoms with E-state index < -0.39 is 11.9 Å². The maximum Gasteiger partial charge on any atom is 0.237 e. The molecule has 5 heteroatoms. The minimum Gasteiger partial charge on any atom is -0.494 e. The van der Waals surface area contributed by atoms with Crippen molar-refractivity contribution in [3.8, 4) is 5.75 Å². The van der Waals surface area contributed by atoms with Crippen LogP contribution in [0.25, 0.3) is 0 Å². The fourth-order valence-corrected chi connectivity index (χ4v) is 3.42. The molecule has 2 unspecified atom stereocenters. The van der Waals surface area contributed by atoms with Crippen LogP contribution in [0.5, 0.6) is 5.75 Å². The molecule has 0 spiro atoms. The summed E-state index contributed by atoms with van der Waals surface area (Å²) in [5.41, 5.74) is 2.76. The second kappa shape index (κ2) is 10.0. The van der Waals surface area contributed by atoms with E-state index in [1.54, 1.807) is 19.1 Å². The third-order valence-corrected chi connectivity index (χ3v) is 5.12. The molecule has 2 atom stereocenters. The summed E-state index contributed by atoms with van der Waals surface area (Å²) >= 11 is 0. The van der Waals surface area contributed by atoms with Gasteiger partial charge in [0, 0.05) is 6.04 Å². The lowest BCUT2D eigenvalue weighted by atomic mass is 9.98. The standard InChI is InChI=1S/C25H27FN2O2/c1-17(21-14-15-23(30-3)22(26)16-21)27-18(2)25(29)28-24(19-10-6-4-7-11-19)20-12-8-5-9-13-20/h4-18,24,27H,1-3H3,(H,28,29). The van der Waals surface area contributed by atoms with Crippen LogP contribution in [-0.2, 0) is 4.79 Å². The molecule has 0 aliphatic heterocycles. The van der Waals surface area contributed by atoms with Gasteiger partial charge in [0.05, 0.1) is 19.2 Å². The maximum absolute atomic E-state index is 14.0. The summed E-state index contributed by atoms with van der Waals surface area (Å²) in [6.45, 7) is 3.70. The molecule has 0 aromatic heterocycles. The molecule has 0 bridgehead atoms. The Bertz CT molecular complexity index is 924. The van der Waals surface area contributed by atoms with E-state index in [0.29, 0.717) is 0 Å². The van der Waals surface area contributed by atoms with Gasteiger partial charge in [-0.25, -0.2) is 4.39 Å². The van der Waals surface area contributed by atoms with Crippen molar-refractivity contribution < 1.29 is 13.9 Å². The van der Waals surface area contributed by atoms with Gasteiger partial charge in [0.2, 0.25) is 5.91 Å². The van der Waals surface area contributed by atoms with Crippen molar-refractivity contribution in [3.63, 3.8) is 0 Å². The molecule has 2 N–H and O–H groups in total. The fourth-order valence-electron chi connectivity index (χ4n) is 3.42. The largest absolute Gasteiger partial charge is 0.494 e. The molecule has 0 saturated carbocycles. The zero-order valence-electron chi connectivity index (χ0n) is 17.4. The van der Waals surface area contributed by atoms with Gasteiger partial charge < -0.3 is 10.1 Å². The average molecular weight is 407 g/mol. The van der Waals surface area contributed by atoms with E-state index >= 15 is 0 Å². The number of rotatable bonds is 8. The Morgan fingerprint density at radius 3 is 1.93 bits per heavy atom. The number of nitrogens with one attached hydrogen (secondary N) is 2. The number of hydrogen-bond acceptors (Lipinski definition) is 3. The zero-order valence-corrected chi connectivity index (χ0v) is 17.4. The highest BCUT2D eigenvalue weighted by Gasteiger charge is 2.22. The molecule has 0 aliphatic rings. The average Bonchev–Trinajstić information content (AvgIpc) is 2.78. The molecule has 0 saturated heterocycles. The molecule has 3 aromatic carbocycles. The highest BCUT2D eigenvalue weighted by molar-refractivity contribution is 5.82. The number of amides is 1. The van der Waals surface area contributed by atoms with E-state index in [-0.39, 0.29) is 23.7 Å². The highest BCUT2D eigenvalue weighted by atomic mass is 19.1. The van der Waals surface area contributed by atoms with Crippen LogP contribution in [-0.4, -0.2) is 19.1 Å². The summed E-state index contributed by atoms with van der Waals surface area (Å²) in [5, 5.41) is 6.39. The minimum atomic E-state index is -0.472. The molecular formula is C25H27FN2O2. The summed E-state index contributed by atoms with van der Waals surface area (Å²) in [7, 11) is 1.43. The van der Waals surface area contributed by atoms with E-state index in [1.165, 1.54) is 13.2 Å². The first kappa shape index (κ1) is 21.5. The molecule has 0 radical (unpaired) electrons. The SMILES string of the molecule is COc1ccc(C(C)NC(C)C(=O)NC(c2ccccc2)c2ccccc2)cc1F. The molecule has 0 fully saturated rings. The van der Waals surface area contributed by atoms with Gasteiger partial charge in [-0.05, 0) is 42.7 Å². The lowest BCUT2D eigenvalue weighted by Gasteiger charge is -2.25. The zero-order chi connectivity index (χ0) is 21.5. The Balaban J connectivity index is 1.72. The topological polar surface area (TPSA) is 50.4 Å². The molecule has 156 valence electrons. The Morgan fingerprint density at radius 1 is 0.867 bits per heavy atom. The molecule has 4 nitrogen and oxygen atoms in total. The maximum atomic E-state index is 14.0. The Morgan fingerprint density at radius 2 is 1.43 bits per heavy atom. The number of benzene rings is 3. The minimum absolute atomic E-state index is 0.131. The number of halogens is 1. The normalized spacial score (nSPS) is 13.0. The first-order valence-corrected chi connectivity index (χ1v) is 9.99. The molecule has 0 aliphatic carbocycles. The predicted octanol–water partition coefficient (Wildman–Crippen LogP) is 4.78. The molecular weight excluding hydrogens is 379 g/mol. The summed E-state index contributed by atoms with van der Waals surface area (Å²) in [6, 6.07) is 23.6. The van der Waals surface area contributed by atoms with Crippen molar-refractivity contribution >= 4 is 5.91 Å². The van der Waals surface area contributed by atoms with Crippen LogP contribution in [0.3, 0.4) is 0 Å². The summed E-state index contributed by atoms with van der Waals surface area (Å²) in [5.74, 6) is -0.354. The van der Waals surface area contributed by atoms with E-state index in [2.05, 4.69) is 10.6 Å². The van der Waals surface area contributed by atoms with Gasteiger partial charge in [-0.3, -0.25) is 10.1 Å². The first-order valence-electron chi connectivity index (χ1n) is 9.99. The molecule has 0 heterocycles. The van der Waals surface area contributed by atoms with Crippen LogP contribution >= 0.6 is 0 Å². The van der Waals surface area contributed by atoms with E-state index in [4.69, 9.17) is 4.74 Å². The van der Waals surface area contributed by atoms with E-state index in [1.807, 2.05) is 67.6 Å². The van der Waals surface area contributed by atoms with Crippen molar-refractivity contribution in [2.45, 2.75) is 32.0 Å². The third kappa shape index (κ3) is 5.24. The first-order chi connectivity index (χ1) is 14.5. The van der Waals surface area contributed by atoms with Crippen LogP contribution in [0.4, 0.5) is 4.39 Å². The van der Waals surface area contributed by atoms with Crippen LogP contribution in [0.1, 0.15) is 42.6 Å². The van der Waals surface area contributed by atoms with Gasteiger partial charge in [0.25, 0.3) is 0 Å². The second-order valence-electron chi connectivity index (χ2n) is 7.27. The Labute approximate surface area is 177 Å². The summed E-state index contributed by atoms with van der Waals surface area (Å²) in [4.78, 5) is 13.0. The van der Waals surface area contributed by atoms with Crippen molar-refractivity contribution in [1.82, 2.24) is 10.6 Å². The lowest BCUT2D eigenvalue weighted by Crippen LogP contribution is -2.44. The van der Waals surface area contributed by atoms with E-state index in [9.17, 15) is 9.18 Å². The number of carbonyl (C=O) groups excluding carboxylic acids is 1. The van der Waals surface area contributed by atoms with Gasteiger partial charge in [-0.15, -0.1) is 0 Å². The Hall–Kier alpha value is -3.18. The highest BCUT2D eigenvalue weighted by Crippen LogP contribution is 2.23. The predicted molar refractivity (Wildman–Crippen MR) is 117 cm³/mol. The monoisotopic (exact) mass is 406 g/mol.